The van der Waals surface area contributed by atoms with Gasteiger partial charge in [-0.05, 0) is 23.3 Å². The van der Waals surface area contributed by atoms with Crippen LogP contribution in [-0.4, -0.2) is 18.0 Å². The molecule has 0 fully saturated rings. The Bertz CT molecular complexity index is 894. The Morgan fingerprint density at radius 3 is 2.12 bits per heavy atom. The predicted molar refractivity (Wildman–Crippen MR) is 99.9 cm³/mol. The Kier molecular flexibility index (Phi) is 4.95. The second-order valence-electron chi connectivity index (χ2n) is 5.58. The molecule has 3 aromatic rings. The highest BCUT2D eigenvalue weighted by molar-refractivity contribution is 6.09. The van der Waals surface area contributed by atoms with Gasteiger partial charge < -0.3 is 9.84 Å². The quantitative estimate of drug-likeness (QED) is 0.540. The standard InChI is InChI=1S/C22H18O3/c1-25-21-15-17(11-14-20(21)23)8-7-16-9-12-19(13-10-16)22(24)18-5-3-2-4-6-18/h2-15,23H,1H3/b8-7+. The number of hydrogen-bond donors (Lipinski definition) is 1. The molecule has 0 saturated heterocycles. The highest BCUT2D eigenvalue weighted by Crippen LogP contribution is 2.27. The van der Waals surface area contributed by atoms with E-state index in [9.17, 15) is 9.90 Å². The topological polar surface area (TPSA) is 46.5 Å². The zero-order valence-electron chi connectivity index (χ0n) is 13.8. The first-order valence-corrected chi connectivity index (χ1v) is 7.92. The molecule has 124 valence electrons. The average molecular weight is 330 g/mol. The van der Waals surface area contributed by atoms with Gasteiger partial charge in [-0.25, -0.2) is 0 Å². The number of benzene rings is 3. The Labute approximate surface area is 146 Å². The van der Waals surface area contributed by atoms with Crippen molar-refractivity contribution in [1.82, 2.24) is 0 Å². The molecule has 1 N–H and O–H groups in total. The summed E-state index contributed by atoms with van der Waals surface area (Å²) in [4.78, 5) is 12.4. The van der Waals surface area contributed by atoms with Crippen LogP contribution in [0.25, 0.3) is 12.2 Å². The molecule has 0 aromatic heterocycles. The maximum Gasteiger partial charge on any atom is 0.193 e. The number of aromatic hydroxyl groups is 1. The van der Waals surface area contributed by atoms with Crippen LogP contribution in [0.15, 0.2) is 72.8 Å². The molecule has 3 rings (SSSR count). The van der Waals surface area contributed by atoms with E-state index in [1.54, 1.807) is 12.1 Å². The van der Waals surface area contributed by atoms with Gasteiger partial charge in [-0.15, -0.1) is 0 Å². The molecule has 0 bridgehead atoms. The van der Waals surface area contributed by atoms with Gasteiger partial charge in [-0.2, -0.15) is 0 Å². The highest BCUT2D eigenvalue weighted by atomic mass is 16.5. The Balaban J connectivity index is 1.75. The Morgan fingerprint density at radius 2 is 1.44 bits per heavy atom. The van der Waals surface area contributed by atoms with Gasteiger partial charge in [0.05, 0.1) is 7.11 Å². The summed E-state index contributed by atoms with van der Waals surface area (Å²) in [5.41, 5.74) is 3.24. The number of carbonyl (C=O) groups is 1. The fraction of sp³-hybridized carbons (Fsp3) is 0.0455. The Morgan fingerprint density at radius 1 is 0.840 bits per heavy atom. The van der Waals surface area contributed by atoms with Gasteiger partial charge in [0.2, 0.25) is 0 Å². The minimum atomic E-state index is 0.0133. The van der Waals surface area contributed by atoms with Gasteiger partial charge in [-0.1, -0.05) is 72.8 Å². The molecule has 3 nitrogen and oxygen atoms in total. The largest absolute Gasteiger partial charge is 0.504 e. The summed E-state index contributed by atoms with van der Waals surface area (Å²) < 4.78 is 5.10. The molecule has 0 aliphatic carbocycles. The molecule has 25 heavy (non-hydrogen) atoms. The van der Waals surface area contributed by atoms with Crippen LogP contribution in [0, 0.1) is 0 Å². The first kappa shape index (κ1) is 16.5. The van der Waals surface area contributed by atoms with E-state index < -0.39 is 0 Å². The number of carbonyl (C=O) groups excluding carboxylic acids is 1. The molecule has 0 saturated carbocycles. The van der Waals surface area contributed by atoms with Crippen LogP contribution in [0.3, 0.4) is 0 Å². The van der Waals surface area contributed by atoms with Crippen LogP contribution in [0.1, 0.15) is 27.0 Å². The first-order valence-electron chi connectivity index (χ1n) is 7.92. The molecule has 0 atom stereocenters. The van der Waals surface area contributed by atoms with Crippen molar-refractivity contribution in [2.45, 2.75) is 0 Å². The third kappa shape index (κ3) is 3.96. The summed E-state index contributed by atoms with van der Waals surface area (Å²) in [7, 11) is 1.52. The molecule has 3 aromatic carbocycles. The van der Waals surface area contributed by atoms with E-state index in [2.05, 4.69) is 0 Å². The van der Waals surface area contributed by atoms with Crippen molar-refractivity contribution in [2.24, 2.45) is 0 Å². The number of methoxy groups -OCH3 is 1. The molecule has 0 aliphatic heterocycles. The maximum absolute atomic E-state index is 12.4. The van der Waals surface area contributed by atoms with Crippen LogP contribution in [0.2, 0.25) is 0 Å². The zero-order valence-corrected chi connectivity index (χ0v) is 13.8. The van der Waals surface area contributed by atoms with Gasteiger partial charge in [0.15, 0.2) is 17.3 Å². The summed E-state index contributed by atoms with van der Waals surface area (Å²) in [5, 5.41) is 9.62. The molecule has 3 heteroatoms. The minimum Gasteiger partial charge on any atom is -0.504 e. The zero-order chi connectivity index (χ0) is 17.6. The second-order valence-corrected chi connectivity index (χ2v) is 5.58. The summed E-state index contributed by atoms with van der Waals surface area (Å²) >= 11 is 0. The molecule has 0 aliphatic rings. The van der Waals surface area contributed by atoms with Crippen LogP contribution in [-0.2, 0) is 0 Å². The molecule has 0 amide bonds. The SMILES string of the molecule is COc1cc(/C=C/c2ccc(C(=O)c3ccccc3)cc2)ccc1O. The van der Waals surface area contributed by atoms with E-state index in [1.807, 2.05) is 72.8 Å². The lowest BCUT2D eigenvalue weighted by atomic mass is 10.0. The smallest absolute Gasteiger partial charge is 0.193 e. The van der Waals surface area contributed by atoms with Crippen molar-refractivity contribution >= 4 is 17.9 Å². The van der Waals surface area contributed by atoms with Crippen molar-refractivity contribution in [3.8, 4) is 11.5 Å². The van der Waals surface area contributed by atoms with Crippen LogP contribution >= 0.6 is 0 Å². The fourth-order valence-electron chi connectivity index (χ4n) is 2.49. The van der Waals surface area contributed by atoms with Gasteiger partial charge >= 0.3 is 0 Å². The second kappa shape index (κ2) is 7.49. The van der Waals surface area contributed by atoms with E-state index >= 15 is 0 Å². The van der Waals surface area contributed by atoms with E-state index in [4.69, 9.17) is 4.74 Å². The van der Waals surface area contributed by atoms with Crippen LogP contribution < -0.4 is 4.74 Å². The maximum atomic E-state index is 12.4. The summed E-state index contributed by atoms with van der Waals surface area (Å²) in [5.74, 6) is 0.564. The number of ether oxygens (including phenoxy) is 1. The third-order valence-corrected chi connectivity index (χ3v) is 3.88. The lowest BCUT2D eigenvalue weighted by Gasteiger charge is -2.04. The Hall–Kier alpha value is -3.33. The summed E-state index contributed by atoms with van der Waals surface area (Å²) in [6, 6.07) is 21.9. The van der Waals surface area contributed by atoms with Crippen molar-refractivity contribution < 1.29 is 14.6 Å². The third-order valence-electron chi connectivity index (χ3n) is 3.88. The number of phenolic OH excluding ortho intramolecular Hbond substituents is 1. The van der Waals surface area contributed by atoms with Gasteiger partial charge in [-0.3, -0.25) is 4.79 Å². The van der Waals surface area contributed by atoms with Gasteiger partial charge in [0.25, 0.3) is 0 Å². The van der Waals surface area contributed by atoms with Gasteiger partial charge in [0.1, 0.15) is 0 Å². The average Bonchev–Trinajstić information content (AvgIpc) is 2.68. The monoisotopic (exact) mass is 330 g/mol. The first-order chi connectivity index (χ1) is 12.2. The number of ketones is 1. The van der Waals surface area contributed by atoms with Gasteiger partial charge in [0, 0.05) is 11.1 Å². The normalized spacial score (nSPS) is 10.8. The van der Waals surface area contributed by atoms with Crippen molar-refractivity contribution in [3.63, 3.8) is 0 Å². The summed E-state index contributed by atoms with van der Waals surface area (Å²) in [6.07, 6.45) is 3.87. The molecule has 0 heterocycles. The van der Waals surface area contributed by atoms with E-state index in [0.717, 1.165) is 11.1 Å². The van der Waals surface area contributed by atoms with E-state index in [0.29, 0.717) is 16.9 Å². The van der Waals surface area contributed by atoms with Crippen LogP contribution in [0.4, 0.5) is 0 Å². The van der Waals surface area contributed by atoms with Crippen molar-refractivity contribution in [2.75, 3.05) is 7.11 Å². The minimum absolute atomic E-state index is 0.0133. The van der Waals surface area contributed by atoms with Crippen molar-refractivity contribution in [1.29, 1.82) is 0 Å². The lowest BCUT2D eigenvalue weighted by molar-refractivity contribution is 0.103. The molecule has 0 spiro atoms. The lowest BCUT2D eigenvalue weighted by Crippen LogP contribution is -2.00. The number of rotatable bonds is 5. The highest BCUT2D eigenvalue weighted by Gasteiger charge is 2.07. The number of hydrogen-bond acceptors (Lipinski definition) is 3. The fourth-order valence-corrected chi connectivity index (χ4v) is 2.49. The number of phenols is 1. The molecular weight excluding hydrogens is 312 g/mol. The predicted octanol–water partition coefficient (Wildman–Crippen LogP) is 4.80. The van der Waals surface area contributed by atoms with E-state index in [1.165, 1.54) is 7.11 Å². The summed E-state index contributed by atoms with van der Waals surface area (Å²) in [6.45, 7) is 0. The molecular formula is C22H18O3. The molecule has 0 unspecified atom stereocenters. The van der Waals surface area contributed by atoms with Crippen LogP contribution in [0.5, 0.6) is 11.5 Å². The van der Waals surface area contributed by atoms with Crippen molar-refractivity contribution in [3.05, 3.63) is 95.1 Å². The molecule has 0 radical (unpaired) electrons. The van der Waals surface area contributed by atoms with E-state index in [-0.39, 0.29) is 11.5 Å².